The molecule has 0 spiro atoms. The molecule has 2 aliphatic rings. The van der Waals surface area contributed by atoms with Gasteiger partial charge in [-0.25, -0.2) is 0 Å². The van der Waals surface area contributed by atoms with Crippen molar-refractivity contribution in [2.45, 2.75) is 6.92 Å². The van der Waals surface area contributed by atoms with Crippen molar-refractivity contribution < 1.29 is 0 Å². The molecule has 0 aromatic carbocycles. The largest absolute Gasteiger partial charge is 0.192 e. The maximum Gasteiger partial charge on any atom is 0.100 e. The van der Waals surface area contributed by atoms with E-state index in [1.807, 2.05) is 43.3 Å². The van der Waals surface area contributed by atoms with E-state index < -0.39 is 0 Å². The normalized spacial score (nSPS) is 9.85. The van der Waals surface area contributed by atoms with Crippen molar-refractivity contribution in [3.63, 3.8) is 0 Å². The molecular formula is C12H9N. The first-order chi connectivity index (χ1) is 6.33. The van der Waals surface area contributed by atoms with Crippen molar-refractivity contribution in [1.82, 2.24) is 0 Å². The summed E-state index contributed by atoms with van der Waals surface area (Å²) in [5, 5.41) is 8.94. The molecule has 13 heavy (non-hydrogen) atoms. The number of hydrogen-bond acceptors (Lipinski definition) is 1. The lowest BCUT2D eigenvalue weighted by atomic mass is 10.1. The second-order valence-corrected chi connectivity index (χ2v) is 3.09. The Labute approximate surface area is 77.6 Å². The van der Waals surface area contributed by atoms with Crippen LogP contribution in [0.3, 0.4) is 0 Å². The summed E-state index contributed by atoms with van der Waals surface area (Å²) in [6, 6.07) is 14.2. The Morgan fingerprint density at radius 2 is 1.92 bits per heavy atom. The highest BCUT2D eigenvalue weighted by molar-refractivity contribution is 5.76. The smallest absolute Gasteiger partial charge is 0.100 e. The van der Waals surface area contributed by atoms with E-state index >= 15 is 0 Å². The summed E-state index contributed by atoms with van der Waals surface area (Å²) in [6.07, 6.45) is 0. The molecule has 0 bridgehead atoms. The lowest BCUT2D eigenvalue weighted by molar-refractivity contribution is 1.45. The zero-order chi connectivity index (χ0) is 9.26. The van der Waals surface area contributed by atoms with Gasteiger partial charge < -0.3 is 0 Å². The molecule has 0 unspecified atom stereocenters. The molecule has 0 fully saturated rings. The zero-order valence-corrected chi connectivity index (χ0v) is 7.41. The third-order valence-electron chi connectivity index (χ3n) is 2.22. The van der Waals surface area contributed by atoms with Gasteiger partial charge in [-0.15, -0.1) is 0 Å². The third kappa shape index (κ3) is 1.17. The molecule has 0 N–H and O–H groups in total. The predicted molar refractivity (Wildman–Crippen MR) is 52.5 cm³/mol. The summed E-state index contributed by atoms with van der Waals surface area (Å²) >= 11 is 0. The first-order valence-electron chi connectivity index (χ1n) is 4.21. The van der Waals surface area contributed by atoms with Crippen LogP contribution in [-0.2, 0) is 0 Å². The fraction of sp³-hybridized carbons (Fsp3) is 0.0833. The van der Waals surface area contributed by atoms with Crippen LogP contribution >= 0.6 is 0 Å². The molecule has 0 atom stereocenters. The van der Waals surface area contributed by atoms with Crippen LogP contribution in [0.2, 0.25) is 0 Å². The van der Waals surface area contributed by atoms with E-state index in [1.165, 1.54) is 0 Å². The van der Waals surface area contributed by atoms with Crippen LogP contribution in [0.5, 0.6) is 0 Å². The summed E-state index contributed by atoms with van der Waals surface area (Å²) in [5.74, 6) is 0. The van der Waals surface area contributed by atoms with Gasteiger partial charge in [0.05, 0.1) is 5.56 Å². The monoisotopic (exact) mass is 167 g/mol. The van der Waals surface area contributed by atoms with E-state index in [9.17, 15) is 0 Å². The number of rotatable bonds is 0. The summed E-state index contributed by atoms with van der Waals surface area (Å²) in [5.41, 5.74) is 4.04. The van der Waals surface area contributed by atoms with E-state index in [0.29, 0.717) is 0 Å². The van der Waals surface area contributed by atoms with Crippen molar-refractivity contribution in [3.05, 3.63) is 47.5 Å². The quantitative estimate of drug-likeness (QED) is 0.591. The van der Waals surface area contributed by atoms with Crippen LogP contribution in [0.4, 0.5) is 0 Å². The highest BCUT2D eigenvalue weighted by Gasteiger charge is 2.10. The molecular weight excluding hydrogens is 158 g/mol. The molecule has 0 heterocycles. The highest BCUT2D eigenvalue weighted by Crippen LogP contribution is 2.29. The Hall–Kier alpha value is -1.81. The Balaban J connectivity index is 2.81. The van der Waals surface area contributed by atoms with E-state index in [-0.39, 0.29) is 0 Å². The predicted octanol–water partition coefficient (Wildman–Crippen LogP) is 2.97. The van der Waals surface area contributed by atoms with Gasteiger partial charge in [0, 0.05) is 0 Å². The molecule has 0 aromatic heterocycles. The lowest BCUT2D eigenvalue weighted by Crippen LogP contribution is -1.73. The lowest BCUT2D eigenvalue weighted by Gasteiger charge is -1.90. The van der Waals surface area contributed by atoms with Gasteiger partial charge in [0.2, 0.25) is 0 Å². The Kier molecular flexibility index (Phi) is 1.75. The standard InChI is InChI=1S/C12H9N/c1-9-7-10-5-3-2-4-6-11(10)12(9)8-13/h2-7H,1H3. The van der Waals surface area contributed by atoms with Crippen molar-refractivity contribution in [3.8, 4) is 17.2 Å². The average Bonchev–Trinajstić information content (AvgIpc) is 2.32. The highest BCUT2D eigenvalue weighted by atomic mass is 14.3. The topological polar surface area (TPSA) is 23.8 Å². The van der Waals surface area contributed by atoms with E-state index in [0.717, 1.165) is 22.3 Å². The number of fused-ring (bicyclic) bond motifs is 1. The third-order valence-corrected chi connectivity index (χ3v) is 2.22. The van der Waals surface area contributed by atoms with Gasteiger partial charge in [0.1, 0.15) is 6.07 Å². The molecule has 0 aliphatic heterocycles. The van der Waals surface area contributed by atoms with Crippen LogP contribution in [-0.4, -0.2) is 0 Å². The molecule has 0 radical (unpaired) electrons. The first-order valence-corrected chi connectivity index (χ1v) is 4.21. The molecule has 0 amide bonds. The Bertz CT molecular complexity index is 451. The van der Waals surface area contributed by atoms with Crippen LogP contribution in [0.15, 0.2) is 36.4 Å². The SMILES string of the molecule is Cc1cc2cccccc-2c1C#N. The molecule has 0 aromatic rings. The van der Waals surface area contributed by atoms with Gasteiger partial charge in [0.25, 0.3) is 0 Å². The summed E-state index contributed by atoms with van der Waals surface area (Å²) < 4.78 is 0. The van der Waals surface area contributed by atoms with Crippen molar-refractivity contribution in [2.24, 2.45) is 0 Å². The average molecular weight is 167 g/mol. The molecule has 1 nitrogen and oxygen atoms in total. The van der Waals surface area contributed by atoms with Gasteiger partial charge in [-0.3, -0.25) is 0 Å². The molecule has 2 rings (SSSR count). The van der Waals surface area contributed by atoms with Gasteiger partial charge in [-0.1, -0.05) is 36.4 Å². The molecule has 1 heteroatoms. The minimum atomic E-state index is 0.797. The van der Waals surface area contributed by atoms with Crippen LogP contribution in [0, 0.1) is 18.3 Å². The van der Waals surface area contributed by atoms with Gasteiger partial charge in [0.15, 0.2) is 0 Å². The van der Waals surface area contributed by atoms with Crippen molar-refractivity contribution >= 4 is 0 Å². The second-order valence-electron chi connectivity index (χ2n) is 3.09. The second kappa shape index (κ2) is 2.91. The van der Waals surface area contributed by atoms with E-state index in [4.69, 9.17) is 5.26 Å². The Morgan fingerprint density at radius 3 is 2.69 bits per heavy atom. The van der Waals surface area contributed by atoms with Crippen LogP contribution < -0.4 is 0 Å². The number of nitriles is 1. The molecule has 62 valence electrons. The molecule has 0 saturated heterocycles. The first kappa shape index (κ1) is 7.82. The minimum Gasteiger partial charge on any atom is -0.192 e. The van der Waals surface area contributed by atoms with Gasteiger partial charge in [-0.2, -0.15) is 5.26 Å². The maximum absolute atomic E-state index is 8.94. The number of hydrogen-bond donors (Lipinski definition) is 0. The number of nitrogens with zero attached hydrogens (tertiary/aromatic N) is 1. The fourth-order valence-corrected chi connectivity index (χ4v) is 1.58. The summed E-state index contributed by atoms with van der Waals surface area (Å²) in [6.45, 7) is 1.97. The van der Waals surface area contributed by atoms with Crippen molar-refractivity contribution in [1.29, 1.82) is 5.26 Å². The van der Waals surface area contributed by atoms with Crippen LogP contribution in [0.25, 0.3) is 11.1 Å². The summed E-state index contributed by atoms with van der Waals surface area (Å²) in [7, 11) is 0. The van der Waals surface area contributed by atoms with E-state index in [2.05, 4.69) is 6.07 Å². The molecule has 2 aliphatic carbocycles. The summed E-state index contributed by atoms with van der Waals surface area (Å²) in [4.78, 5) is 0. The fourth-order valence-electron chi connectivity index (χ4n) is 1.58. The number of aryl methyl sites for hydroxylation is 1. The van der Waals surface area contributed by atoms with Gasteiger partial charge >= 0.3 is 0 Å². The maximum atomic E-state index is 8.94. The van der Waals surface area contributed by atoms with Crippen LogP contribution in [0.1, 0.15) is 11.1 Å². The Morgan fingerprint density at radius 1 is 1.15 bits per heavy atom. The van der Waals surface area contributed by atoms with Crippen molar-refractivity contribution in [2.75, 3.05) is 0 Å². The molecule has 0 saturated carbocycles. The minimum absolute atomic E-state index is 0.797. The van der Waals surface area contributed by atoms with Gasteiger partial charge in [-0.05, 0) is 23.6 Å². The zero-order valence-electron chi connectivity index (χ0n) is 7.41. The van der Waals surface area contributed by atoms with E-state index in [1.54, 1.807) is 0 Å².